The van der Waals surface area contributed by atoms with Crippen LogP contribution in [-0.4, -0.2) is 47.4 Å². The lowest BCUT2D eigenvalue weighted by Crippen LogP contribution is -2.43. The SMILES string of the molecule is CCOC(=O)c1[nH]c(C)c(CCC(=O)N2CCC(C(=O)NCc3ccc(Cl)cc3)CC2)c1C. The van der Waals surface area contributed by atoms with Crippen molar-refractivity contribution in [1.82, 2.24) is 15.2 Å². The van der Waals surface area contributed by atoms with Crippen LogP contribution in [0.2, 0.25) is 5.02 Å². The van der Waals surface area contributed by atoms with Gasteiger partial charge in [-0.3, -0.25) is 9.59 Å². The van der Waals surface area contributed by atoms with Crippen LogP contribution < -0.4 is 5.32 Å². The molecule has 0 unspecified atom stereocenters. The van der Waals surface area contributed by atoms with Crippen LogP contribution in [-0.2, 0) is 27.3 Å². The zero-order valence-corrected chi connectivity index (χ0v) is 20.3. The minimum Gasteiger partial charge on any atom is -0.461 e. The number of hydrogen-bond donors (Lipinski definition) is 2. The zero-order valence-electron chi connectivity index (χ0n) is 19.5. The molecular formula is C25H32ClN3O4. The molecule has 2 aromatic rings. The molecule has 1 saturated heterocycles. The quantitative estimate of drug-likeness (QED) is 0.568. The summed E-state index contributed by atoms with van der Waals surface area (Å²) in [4.78, 5) is 42.3. The van der Waals surface area contributed by atoms with E-state index in [4.69, 9.17) is 16.3 Å². The highest BCUT2D eigenvalue weighted by atomic mass is 35.5. The summed E-state index contributed by atoms with van der Waals surface area (Å²) in [6.45, 7) is 7.51. The molecule has 1 aromatic heterocycles. The molecule has 3 rings (SSSR count). The van der Waals surface area contributed by atoms with Gasteiger partial charge in [0.2, 0.25) is 11.8 Å². The fourth-order valence-corrected chi connectivity index (χ4v) is 4.41. The van der Waals surface area contributed by atoms with Crippen molar-refractivity contribution in [1.29, 1.82) is 0 Å². The molecule has 1 aromatic carbocycles. The van der Waals surface area contributed by atoms with Gasteiger partial charge in [0.1, 0.15) is 5.69 Å². The lowest BCUT2D eigenvalue weighted by atomic mass is 9.95. The second-order valence-electron chi connectivity index (χ2n) is 8.45. The Morgan fingerprint density at radius 1 is 1.15 bits per heavy atom. The Labute approximate surface area is 199 Å². The average molecular weight is 474 g/mol. The Hall–Kier alpha value is -2.80. The number of hydrogen-bond acceptors (Lipinski definition) is 4. The summed E-state index contributed by atoms with van der Waals surface area (Å²) >= 11 is 5.89. The number of nitrogens with zero attached hydrogens (tertiary/aromatic N) is 1. The highest BCUT2D eigenvalue weighted by Gasteiger charge is 2.27. The highest BCUT2D eigenvalue weighted by molar-refractivity contribution is 6.30. The molecule has 0 spiro atoms. The predicted octanol–water partition coefficient (Wildman–Crippen LogP) is 3.95. The van der Waals surface area contributed by atoms with Gasteiger partial charge in [0, 0.05) is 42.7 Å². The number of esters is 1. The van der Waals surface area contributed by atoms with E-state index in [2.05, 4.69) is 10.3 Å². The van der Waals surface area contributed by atoms with Gasteiger partial charge in [-0.2, -0.15) is 0 Å². The summed E-state index contributed by atoms with van der Waals surface area (Å²) in [6, 6.07) is 7.41. The molecule has 33 heavy (non-hydrogen) atoms. The molecule has 0 bridgehead atoms. The molecule has 178 valence electrons. The second-order valence-corrected chi connectivity index (χ2v) is 8.88. The van der Waals surface area contributed by atoms with Gasteiger partial charge in [-0.25, -0.2) is 4.79 Å². The van der Waals surface area contributed by atoms with Crippen LogP contribution in [0.25, 0.3) is 0 Å². The molecular weight excluding hydrogens is 442 g/mol. The normalized spacial score (nSPS) is 14.2. The van der Waals surface area contributed by atoms with Gasteiger partial charge in [0.15, 0.2) is 0 Å². The lowest BCUT2D eigenvalue weighted by molar-refractivity contribution is -0.135. The number of likely N-dealkylation sites (tertiary alicyclic amines) is 1. The number of H-pyrrole nitrogens is 1. The van der Waals surface area contributed by atoms with E-state index in [1.54, 1.807) is 19.1 Å². The van der Waals surface area contributed by atoms with Crippen LogP contribution in [0.5, 0.6) is 0 Å². The van der Waals surface area contributed by atoms with E-state index in [-0.39, 0.29) is 23.7 Å². The fraction of sp³-hybridized carbons (Fsp3) is 0.480. The van der Waals surface area contributed by atoms with Gasteiger partial charge in [-0.05, 0) is 68.9 Å². The summed E-state index contributed by atoms with van der Waals surface area (Å²) in [5, 5.41) is 3.65. The Bertz CT molecular complexity index is 992. The van der Waals surface area contributed by atoms with Gasteiger partial charge >= 0.3 is 5.97 Å². The third-order valence-corrected chi connectivity index (χ3v) is 6.51. The molecule has 2 heterocycles. The molecule has 2 N–H and O–H groups in total. The Balaban J connectivity index is 1.45. The summed E-state index contributed by atoms with van der Waals surface area (Å²) in [5.41, 5.74) is 4.18. The first-order valence-corrected chi connectivity index (χ1v) is 11.8. The van der Waals surface area contributed by atoms with E-state index >= 15 is 0 Å². The van der Waals surface area contributed by atoms with E-state index < -0.39 is 0 Å². The molecule has 1 aliphatic rings. The molecule has 1 aliphatic heterocycles. The highest BCUT2D eigenvalue weighted by Crippen LogP contribution is 2.22. The van der Waals surface area contributed by atoms with Gasteiger partial charge in [0.25, 0.3) is 0 Å². The molecule has 0 radical (unpaired) electrons. The minimum atomic E-state index is -0.368. The largest absolute Gasteiger partial charge is 0.461 e. The summed E-state index contributed by atoms with van der Waals surface area (Å²) in [7, 11) is 0. The molecule has 2 amide bonds. The van der Waals surface area contributed by atoms with Crippen LogP contribution in [0, 0.1) is 19.8 Å². The smallest absolute Gasteiger partial charge is 0.355 e. The molecule has 0 atom stereocenters. The maximum absolute atomic E-state index is 12.8. The zero-order chi connectivity index (χ0) is 24.0. The molecule has 8 heteroatoms. The van der Waals surface area contributed by atoms with Crippen LogP contribution in [0.3, 0.4) is 0 Å². The van der Waals surface area contributed by atoms with Crippen LogP contribution in [0.4, 0.5) is 0 Å². The number of piperidine rings is 1. The van der Waals surface area contributed by atoms with Gasteiger partial charge in [-0.1, -0.05) is 23.7 Å². The Kier molecular flexibility index (Phi) is 8.55. The van der Waals surface area contributed by atoms with Crippen molar-refractivity contribution >= 4 is 29.4 Å². The van der Waals surface area contributed by atoms with E-state index in [9.17, 15) is 14.4 Å². The van der Waals surface area contributed by atoms with Crippen molar-refractivity contribution in [2.75, 3.05) is 19.7 Å². The van der Waals surface area contributed by atoms with E-state index in [0.717, 1.165) is 22.4 Å². The minimum absolute atomic E-state index is 0.0297. The van der Waals surface area contributed by atoms with Crippen LogP contribution in [0.15, 0.2) is 24.3 Å². The van der Waals surface area contributed by atoms with Crippen LogP contribution >= 0.6 is 11.6 Å². The van der Waals surface area contributed by atoms with Crippen LogP contribution in [0.1, 0.15) is 59.1 Å². The van der Waals surface area contributed by atoms with Gasteiger partial charge in [-0.15, -0.1) is 0 Å². The number of amides is 2. The summed E-state index contributed by atoms with van der Waals surface area (Å²) in [5.74, 6) is -0.343. The van der Waals surface area contributed by atoms with Crippen molar-refractivity contribution < 1.29 is 19.1 Å². The fourth-order valence-electron chi connectivity index (χ4n) is 4.29. The van der Waals surface area contributed by atoms with Crippen molar-refractivity contribution in [3.05, 3.63) is 57.4 Å². The number of aromatic nitrogens is 1. The first-order chi connectivity index (χ1) is 15.8. The number of aryl methyl sites for hydroxylation is 1. The molecule has 1 fully saturated rings. The first kappa shape index (κ1) is 24.8. The maximum atomic E-state index is 12.8. The predicted molar refractivity (Wildman–Crippen MR) is 127 cm³/mol. The third-order valence-electron chi connectivity index (χ3n) is 6.26. The number of carbonyl (C=O) groups excluding carboxylic acids is 3. The number of halogens is 1. The van der Waals surface area contributed by atoms with Gasteiger partial charge in [0.05, 0.1) is 6.61 Å². The lowest BCUT2D eigenvalue weighted by Gasteiger charge is -2.31. The van der Waals surface area contributed by atoms with E-state index in [1.165, 1.54) is 0 Å². The molecule has 0 aliphatic carbocycles. The van der Waals surface area contributed by atoms with E-state index in [1.807, 2.05) is 30.9 Å². The third kappa shape index (κ3) is 6.38. The van der Waals surface area contributed by atoms with Crippen molar-refractivity contribution in [2.45, 2.75) is 53.0 Å². The maximum Gasteiger partial charge on any atom is 0.355 e. The summed E-state index contributed by atoms with van der Waals surface area (Å²) in [6.07, 6.45) is 2.25. The molecule has 7 nitrogen and oxygen atoms in total. The number of nitrogens with one attached hydrogen (secondary N) is 2. The van der Waals surface area contributed by atoms with Gasteiger partial charge < -0.3 is 19.9 Å². The van der Waals surface area contributed by atoms with E-state index in [0.29, 0.717) is 62.6 Å². The first-order valence-electron chi connectivity index (χ1n) is 11.4. The Morgan fingerprint density at radius 3 is 2.45 bits per heavy atom. The molecule has 0 saturated carbocycles. The average Bonchev–Trinajstić information content (AvgIpc) is 3.10. The topological polar surface area (TPSA) is 91.5 Å². The van der Waals surface area contributed by atoms with Crippen molar-refractivity contribution in [3.8, 4) is 0 Å². The standard InChI is InChI=1S/C25H32ClN3O4/c1-4-33-25(32)23-16(2)21(17(3)28-23)9-10-22(30)29-13-11-19(12-14-29)24(31)27-15-18-5-7-20(26)8-6-18/h5-8,19,28H,4,9-15H2,1-3H3,(H,27,31). The summed E-state index contributed by atoms with van der Waals surface area (Å²) < 4.78 is 5.09. The van der Waals surface area contributed by atoms with Crippen molar-refractivity contribution in [2.24, 2.45) is 5.92 Å². The Morgan fingerprint density at radius 2 is 1.82 bits per heavy atom. The number of rotatable bonds is 8. The number of ether oxygens (including phenoxy) is 1. The second kappa shape index (κ2) is 11.4. The monoisotopic (exact) mass is 473 g/mol. The van der Waals surface area contributed by atoms with Crippen molar-refractivity contribution in [3.63, 3.8) is 0 Å². The number of benzene rings is 1. The number of aromatic amines is 1. The number of carbonyl (C=O) groups is 3.